The van der Waals surface area contributed by atoms with Crippen LogP contribution in [0, 0.1) is 10.1 Å². The number of nitro benzene ring substituents is 1. The van der Waals surface area contributed by atoms with Crippen LogP contribution in [0.3, 0.4) is 0 Å². The maximum Gasteiger partial charge on any atom is 0.334 e. The molecule has 0 aromatic heterocycles. The molecule has 0 spiro atoms. The highest BCUT2D eigenvalue weighted by atomic mass is 16.6. The van der Waals surface area contributed by atoms with Gasteiger partial charge >= 0.3 is 5.97 Å². The van der Waals surface area contributed by atoms with Gasteiger partial charge in [0.15, 0.2) is 5.78 Å². The predicted molar refractivity (Wildman–Crippen MR) is 95.1 cm³/mol. The number of nitro groups is 1. The molecule has 142 valence electrons. The van der Waals surface area contributed by atoms with E-state index >= 15 is 0 Å². The number of Topliss-reactive ketones (excluding diaryl/α,β-unsaturated/α-hetero) is 1. The van der Waals surface area contributed by atoms with Crippen LogP contribution >= 0.6 is 0 Å². The minimum absolute atomic E-state index is 0.129. The number of nitrogens with zero attached hydrogens (tertiary/aromatic N) is 2. The Bertz CT molecular complexity index is 1030. The van der Waals surface area contributed by atoms with Gasteiger partial charge in [-0.25, -0.2) is 4.79 Å². The molecule has 0 fully saturated rings. The van der Waals surface area contributed by atoms with Gasteiger partial charge < -0.3 is 4.74 Å². The normalized spacial score (nSPS) is 13.9. The second-order valence-electron chi connectivity index (χ2n) is 6.11. The highest BCUT2D eigenvalue weighted by Gasteiger charge is 2.45. The molecule has 1 aliphatic heterocycles. The van der Waals surface area contributed by atoms with E-state index in [9.17, 15) is 29.3 Å². The first-order valence-electron chi connectivity index (χ1n) is 8.20. The second-order valence-corrected chi connectivity index (χ2v) is 6.11. The average molecular weight is 382 g/mol. The van der Waals surface area contributed by atoms with E-state index in [1.807, 2.05) is 0 Å². The van der Waals surface area contributed by atoms with Crippen molar-refractivity contribution in [3.05, 3.63) is 69.3 Å². The lowest BCUT2D eigenvalue weighted by Gasteiger charge is -2.20. The molecule has 1 atom stereocenters. The number of amides is 2. The number of benzene rings is 2. The molecule has 2 aromatic carbocycles. The minimum atomic E-state index is -1.31. The zero-order valence-electron chi connectivity index (χ0n) is 14.9. The fourth-order valence-electron chi connectivity index (χ4n) is 2.85. The molecule has 0 saturated heterocycles. The van der Waals surface area contributed by atoms with Gasteiger partial charge in [0.2, 0.25) is 0 Å². The Morgan fingerprint density at radius 2 is 1.71 bits per heavy atom. The van der Waals surface area contributed by atoms with E-state index in [-0.39, 0.29) is 22.7 Å². The number of carbonyl (C=O) groups excluding carboxylic acids is 4. The Kier molecular flexibility index (Phi) is 4.74. The molecule has 0 unspecified atom stereocenters. The third-order valence-electron chi connectivity index (χ3n) is 4.33. The standard InChI is InChI=1S/C19H14N2O7/c1-10(19(25)28-13-8-6-12(7-9-13)11(2)22)20-17(23)14-4-3-5-15(21(26)27)16(14)18(20)24/h3-10H,1-2H3/t10-/m0/s1. The molecule has 9 heteroatoms. The molecule has 3 rings (SSSR count). The highest BCUT2D eigenvalue weighted by molar-refractivity contribution is 6.24. The van der Waals surface area contributed by atoms with Gasteiger partial charge in [-0.15, -0.1) is 0 Å². The number of ketones is 1. The number of ether oxygens (including phenoxy) is 1. The summed E-state index contributed by atoms with van der Waals surface area (Å²) in [6.45, 7) is 2.68. The molecule has 28 heavy (non-hydrogen) atoms. The Balaban J connectivity index is 1.83. The molecule has 2 aromatic rings. The van der Waals surface area contributed by atoms with Crippen LogP contribution in [0.5, 0.6) is 5.75 Å². The van der Waals surface area contributed by atoms with Gasteiger partial charge in [0.1, 0.15) is 17.4 Å². The summed E-state index contributed by atoms with van der Waals surface area (Å²) < 4.78 is 5.17. The number of rotatable bonds is 5. The molecule has 0 bridgehead atoms. The average Bonchev–Trinajstić information content (AvgIpc) is 2.92. The SMILES string of the molecule is CC(=O)c1ccc(OC(=O)[C@H](C)N2C(=O)c3cccc([N+](=O)[O-])c3C2=O)cc1. The van der Waals surface area contributed by atoms with Gasteiger partial charge in [-0.05, 0) is 44.2 Å². The molecule has 1 heterocycles. The van der Waals surface area contributed by atoms with Crippen molar-refractivity contribution in [3.8, 4) is 5.75 Å². The Hall–Kier alpha value is -3.88. The van der Waals surface area contributed by atoms with Crippen molar-refractivity contribution < 1.29 is 28.8 Å². The monoisotopic (exact) mass is 382 g/mol. The van der Waals surface area contributed by atoms with Crippen LogP contribution in [0.25, 0.3) is 0 Å². The van der Waals surface area contributed by atoms with E-state index in [1.165, 1.54) is 50.2 Å². The molecular formula is C19H14N2O7. The van der Waals surface area contributed by atoms with Gasteiger partial charge in [0.25, 0.3) is 17.5 Å². The van der Waals surface area contributed by atoms with Crippen LogP contribution in [-0.2, 0) is 4.79 Å². The van der Waals surface area contributed by atoms with Crippen LogP contribution < -0.4 is 4.74 Å². The number of hydrogen-bond acceptors (Lipinski definition) is 7. The summed E-state index contributed by atoms with van der Waals surface area (Å²) >= 11 is 0. The zero-order valence-corrected chi connectivity index (χ0v) is 14.9. The first-order chi connectivity index (χ1) is 13.2. The van der Waals surface area contributed by atoms with Crippen LogP contribution in [0.4, 0.5) is 5.69 Å². The van der Waals surface area contributed by atoms with E-state index in [4.69, 9.17) is 4.74 Å². The van der Waals surface area contributed by atoms with Crippen molar-refractivity contribution in [2.45, 2.75) is 19.9 Å². The number of esters is 1. The van der Waals surface area contributed by atoms with Gasteiger partial charge in [-0.3, -0.25) is 29.4 Å². The van der Waals surface area contributed by atoms with Crippen LogP contribution in [0.2, 0.25) is 0 Å². The first-order valence-corrected chi connectivity index (χ1v) is 8.20. The summed E-state index contributed by atoms with van der Waals surface area (Å²) in [4.78, 5) is 59.9. The zero-order chi connectivity index (χ0) is 20.6. The maximum atomic E-state index is 12.6. The van der Waals surface area contributed by atoms with Crippen molar-refractivity contribution in [2.24, 2.45) is 0 Å². The number of imide groups is 1. The van der Waals surface area contributed by atoms with Crippen molar-refractivity contribution in [2.75, 3.05) is 0 Å². The van der Waals surface area contributed by atoms with Gasteiger partial charge in [-0.1, -0.05) is 6.07 Å². The lowest BCUT2D eigenvalue weighted by Crippen LogP contribution is -2.44. The molecular weight excluding hydrogens is 368 g/mol. The van der Waals surface area contributed by atoms with Crippen molar-refractivity contribution in [1.29, 1.82) is 0 Å². The topological polar surface area (TPSA) is 124 Å². The molecule has 2 amide bonds. The fraction of sp³-hybridized carbons (Fsp3) is 0.158. The molecule has 0 aliphatic carbocycles. The summed E-state index contributed by atoms with van der Waals surface area (Å²) in [7, 11) is 0. The maximum absolute atomic E-state index is 12.6. The minimum Gasteiger partial charge on any atom is -0.425 e. The van der Waals surface area contributed by atoms with Crippen molar-refractivity contribution in [1.82, 2.24) is 4.90 Å². The third-order valence-corrected chi connectivity index (χ3v) is 4.33. The van der Waals surface area contributed by atoms with Gasteiger partial charge in [0.05, 0.1) is 10.5 Å². The van der Waals surface area contributed by atoms with E-state index in [1.54, 1.807) is 0 Å². The molecule has 0 radical (unpaired) electrons. The van der Waals surface area contributed by atoms with E-state index in [0.717, 1.165) is 6.07 Å². The molecule has 1 aliphatic rings. The lowest BCUT2D eigenvalue weighted by atomic mass is 10.1. The van der Waals surface area contributed by atoms with Crippen molar-refractivity contribution >= 4 is 29.3 Å². The van der Waals surface area contributed by atoms with E-state index < -0.39 is 34.4 Å². The summed E-state index contributed by atoms with van der Waals surface area (Å²) in [5.41, 5.74) is -0.549. The number of hydrogen-bond donors (Lipinski definition) is 0. The molecule has 0 N–H and O–H groups in total. The Labute approximate surface area is 158 Å². The Morgan fingerprint density at radius 3 is 2.29 bits per heavy atom. The second kappa shape index (κ2) is 7.03. The molecule has 0 saturated carbocycles. The largest absolute Gasteiger partial charge is 0.425 e. The summed E-state index contributed by atoms with van der Waals surface area (Å²) in [5.74, 6) is -2.65. The summed E-state index contributed by atoms with van der Waals surface area (Å²) in [6.07, 6.45) is 0. The van der Waals surface area contributed by atoms with Crippen LogP contribution in [0.15, 0.2) is 42.5 Å². The highest BCUT2D eigenvalue weighted by Crippen LogP contribution is 2.32. The van der Waals surface area contributed by atoms with Crippen LogP contribution in [0.1, 0.15) is 44.9 Å². The number of fused-ring (bicyclic) bond motifs is 1. The van der Waals surface area contributed by atoms with Crippen LogP contribution in [-0.4, -0.2) is 39.4 Å². The van der Waals surface area contributed by atoms with E-state index in [2.05, 4.69) is 0 Å². The smallest absolute Gasteiger partial charge is 0.334 e. The van der Waals surface area contributed by atoms with Gasteiger partial charge in [-0.2, -0.15) is 0 Å². The number of carbonyl (C=O) groups is 4. The van der Waals surface area contributed by atoms with Crippen molar-refractivity contribution in [3.63, 3.8) is 0 Å². The summed E-state index contributed by atoms with van der Waals surface area (Å²) in [6, 6.07) is 8.17. The molecule has 9 nitrogen and oxygen atoms in total. The summed E-state index contributed by atoms with van der Waals surface area (Å²) in [5, 5.41) is 11.1. The van der Waals surface area contributed by atoms with E-state index in [0.29, 0.717) is 10.5 Å². The Morgan fingerprint density at radius 1 is 1.07 bits per heavy atom. The van der Waals surface area contributed by atoms with Gasteiger partial charge in [0, 0.05) is 11.6 Å². The lowest BCUT2D eigenvalue weighted by molar-refractivity contribution is -0.385. The quantitative estimate of drug-likeness (QED) is 0.194. The predicted octanol–water partition coefficient (Wildman–Crippen LogP) is 2.39. The third kappa shape index (κ3) is 3.13. The fourth-order valence-corrected chi connectivity index (χ4v) is 2.85. The first kappa shape index (κ1) is 18.9.